The first kappa shape index (κ1) is 14.9. The van der Waals surface area contributed by atoms with Gasteiger partial charge in [-0.25, -0.2) is 0 Å². The molecular formula is C16H25N3O. The third kappa shape index (κ3) is 3.97. The number of anilines is 1. The molecule has 1 amide bonds. The second kappa shape index (κ2) is 6.75. The fourth-order valence-corrected chi connectivity index (χ4v) is 2.31. The number of aryl methyl sites for hydroxylation is 1. The number of hydrogen-bond acceptors (Lipinski definition) is 3. The molecule has 20 heavy (non-hydrogen) atoms. The Morgan fingerprint density at radius 2 is 2.25 bits per heavy atom. The van der Waals surface area contributed by atoms with E-state index in [4.69, 9.17) is 5.73 Å². The van der Waals surface area contributed by atoms with Gasteiger partial charge in [-0.2, -0.15) is 0 Å². The van der Waals surface area contributed by atoms with Crippen LogP contribution in [0.15, 0.2) is 24.3 Å². The molecule has 1 fully saturated rings. The highest BCUT2D eigenvalue weighted by Crippen LogP contribution is 2.22. The molecule has 1 saturated carbocycles. The van der Waals surface area contributed by atoms with Gasteiger partial charge < -0.3 is 16.0 Å². The Morgan fingerprint density at radius 1 is 1.50 bits per heavy atom. The van der Waals surface area contributed by atoms with Crippen molar-refractivity contribution in [3.05, 3.63) is 29.8 Å². The van der Waals surface area contributed by atoms with Crippen molar-refractivity contribution >= 4 is 11.6 Å². The smallest absolute Gasteiger partial charge is 0.242 e. The summed E-state index contributed by atoms with van der Waals surface area (Å²) in [4.78, 5) is 14.4. The number of amides is 1. The summed E-state index contributed by atoms with van der Waals surface area (Å²) in [5.41, 5.74) is 7.92. The fourth-order valence-electron chi connectivity index (χ4n) is 2.31. The summed E-state index contributed by atoms with van der Waals surface area (Å²) in [7, 11) is 0. The van der Waals surface area contributed by atoms with Crippen LogP contribution in [0.25, 0.3) is 0 Å². The molecule has 1 aliphatic carbocycles. The lowest BCUT2D eigenvalue weighted by atomic mass is 10.1. The summed E-state index contributed by atoms with van der Waals surface area (Å²) in [6, 6.07) is 8.52. The lowest BCUT2D eigenvalue weighted by Gasteiger charge is -2.30. The molecule has 0 saturated heterocycles. The molecule has 3 N–H and O–H groups in total. The lowest BCUT2D eigenvalue weighted by molar-refractivity contribution is -0.122. The number of nitrogens with two attached hydrogens (primary N) is 1. The molecule has 4 heteroatoms. The first-order valence-corrected chi connectivity index (χ1v) is 7.45. The standard InChI is InChI=1S/C16H25N3O/c1-12-5-3-6-15(11-12)19(10-4-9-17)13(2)16(20)18-14-7-8-14/h3,5-6,11,13-14H,4,7-10,17H2,1-2H3,(H,18,20). The van der Waals surface area contributed by atoms with Crippen LogP contribution in [-0.2, 0) is 4.79 Å². The van der Waals surface area contributed by atoms with Gasteiger partial charge in [-0.15, -0.1) is 0 Å². The minimum absolute atomic E-state index is 0.117. The zero-order valence-electron chi connectivity index (χ0n) is 12.4. The average Bonchev–Trinajstić information content (AvgIpc) is 3.23. The van der Waals surface area contributed by atoms with E-state index >= 15 is 0 Å². The highest BCUT2D eigenvalue weighted by molar-refractivity contribution is 5.85. The second-order valence-electron chi connectivity index (χ2n) is 5.63. The summed E-state index contributed by atoms with van der Waals surface area (Å²) in [5, 5.41) is 3.08. The Hall–Kier alpha value is -1.55. The Labute approximate surface area is 121 Å². The van der Waals surface area contributed by atoms with E-state index in [0.29, 0.717) is 12.6 Å². The Balaban J connectivity index is 2.10. The van der Waals surface area contributed by atoms with Crippen LogP contribution in [0.2, 0.25) is 0 Å². The minimum atomic E-state index is -0.163. The van der Waals surface area contributed by atoms with Gasteiger partial charge in [0.15, 0.2) is 0 Å². The Kier molecular flexibility index (Phi) is 5.01. The third-order valence-electron chi connectivity index (χ3n) is 3.71. The summed E-state index contributed by atoms with van der Waals surface area (Å²) in [6.45, 7) is 5.48. The predicted molar refractivity (Wildman–Crippen MR) is 82.8 cm³/mol. The van der Waals surface area contributed by atoms with Gasteiger partial charge in [-0.1, -0.05) is 12.1 Å². The van der Waals surface area contributed by atoms with Gasteiger partial charge in [-0.05, 0) is 57.4 Å². The van der Waals surface area contributed by atoms with Crippen molar-refractivity contribution in [1.29, 1.82) is 0 Å². The maximum atomic E-state index is 12.3. The van der Waals surface area contributed by atoms with Crippen LogP contribution >= 0.6 is 0 Å². The maximum absolute atomic E-state index is 12.3. The number of nitrogens with zero attached hydrogens (tertiary/aromatic N) is 1. The number of hydrogen-bond donors (Lipinski definition) is 2. The molecule has 0 aliphatic heterocycles. The molecule has 1 atom stereocenters. The lowest BCUT2D eigenvalue weighted by Crippen LogP contribution is -2.46. The number of carbonyl (C=O) groups excluding carboxylic acids is 1. The van der Waals surface area contributed by atoms with E-state index in [2.05, 4.69) is 35.3 Å². The first-order valence-electron chi connectivity index (χ1n) is 7.45. The SMILES string of the molecule is Cc1cccc(N(CCCN)C(C)C(=O)NC2CC2)c1. The van der Waals surface area contributed by atoms with Gasteiger partial charge in [0.05, 0.1) is 0 Å². The summed E-state index contributed by atoms with van der Waals surface area (Å²) < 4.78 is 0. The van der Waals surface area contributed by atoms with Gasteiger partial charge >= 0.3 is 0 Å². The normalized spacial score (nSPS) is 15.8. The van der Waals surface area contributed by atoms with Gasteiger partial charge in [-0.3, -0.25) is 4.79 Å². The minimum Gasteiger partial charge on any atom is -0.360 e. The van der Waals surface area contributed by atoms with Crippen LogP contribution in [0.5, 0.6) is 0 Å². The molecule has 4 nitrogen and oxygen atoms in total. The molecule has 1 unspecified atom stereocenters. The first-order chi connectivity index (χ1) is 9.61. The average molecular weight is 275 g/mol. The molecule has 0 radical (unpaired) electrons. The van der Waals surface area contributed by atoms with E-state index in [-0.39, 0.29) is 11.9 Å². The summed E-state index contributed by atoms with van der Waals surface area (Å²) in [6.07, 6.45) is 3.12. The second-order valence-corrected chi connectivity index (χ2v) is 5.63. The molecule has 0 spiro atoms. The number of rotatable bonds is 7. The van der Waals surface area contributed by atoms with Gasteiger partial charge in [0.2, 0.25) is 5.91 Å². The van der Waals surface area contributed by atoms with Gasteiger partial charge in [0.1, 0.15) is 6.04 Å². The molecule has 0 aromatic heterocycles. The van der Waals surface area contributed by atoms with E-state index < -0.39 is 0 Å². The predicted octanol–water partition coefficient (Wildman–Crippen LogP) is 1.82. The van der Waals surface area contributed by atoms with E-state index in [9.17, 15) is 4.79 Å². The highest BCUT2D eigenvalue weighted by atomic mass is 16.2. The van der Waals surface area contributed by atoms with E-state index in [1.807, 2.05) is 13.0 Å². The van der Waals surface area contributed by atoms with Gasteiger partial charge in [0.25, 0.3) is 0 Å². The molecule has 0 bridgehead atoms. The molecule has 0 heterocycles. The molecule has 1 aliphatic rings. The van der Waals surface area contributed by atoms with Crippen LogP contribution in [-0.4, -0.2) is 31.1 Å². The van der Waals surface area contributed by atoms with Crippen molar-refractivity contribution in [2.24, 2.45) is 5.73 Å². The van der Waals surface area contributed by atoms with E-state index in [1.54, 1.807) is 0 Å². The van der Waals surface area contributed by atoms with Crippen molar-refractivity contribution in [1.82, 2.24) is 5.32 Å². The number of nitrogens with one attached hydrogen (secondary N) is 1. The Bertz CT molecular complexity index is 457. The van der Waals surface area contributed by atoms with Crippen molar-refractivity contribution < 1.29 is 4.79 Å². The molecule has 2 rings (SSSR count). The van der Waals surface area contributed by atoms with Crippen LogP contribution in [0.1, 0.15) is 31.7 Å². The van der Waals surface area contributed by atoms with Crippen LogP contribution in [0, 0.1) is 6.92 Å². The quantitative estimate of drug-likeness (QED) is 0.798. The number of carbonyl (C=O) groups is 1. The zero-order chi connectivity index (χ0) is 14.5. The summed E-state index contributed by atoms with van der Waals surface area (Å²) in [5.74, 6) is 0.117. The largest absolute Gasteiger partial charge is 0.360 e. The van der Waals surface area contributed by atoms with E-state index in [0.717, 1.165) is 31.5 Å². The van der Waals surface area contributed by atoms with Gasteiger partial charge in [0, 0.05) is 18.3 Å². The van der Waals surface area contributed by atoms with Crippen LogP contribution < -0.4 is 16.0 Å². The van der Waals surface area contributed by atoms with Crippen LogP contribution in [0.4, 0.5) is 5.69 Å². The third-order valence-corrected chi connectivity index (χ3v) is 3.71. The topological polar surface area (TPSA) is 58.4 Å². The molecular weight excluding hydrogens is 250 g/mol. The van der Waals surface area contributed by atoms with Crippen molar-refractivity contribution in [3.63, 3.8) is 0 Å². The molecule has 110 valence electrons. The molecule has 1 aromatic carbocycles. The van der Waals surface area contributed by atoms with Crippen molar-refractivity contribution in [2.45, 2.75) is 45.2 Å². The van der Waals surface area contributed by atoms with Crippen LogP contribution in [0.3, 0.4) is 0 Å². The monoisotopic (exact) mass is 275 g/mol. The van der Waals surface area contributed by atoms with Crippen molar-refractivity contribution in [3.8, 4) is 0 Å². The Morgan fingerprint density at radius 3 is 2.85 bits per heavy atom. The van der Waals surface area contributed by atoms with Crippen molar-refractivity contribution in [2.75, 3.05) is 18.0 Å². The maximum Gasteiger partial charge on any atom is 0.242 e. The fraction of sp³-hybridized carbons (Fsp3) is 0.562. The highest BCUT2D eigenvalue weighted by Gasteiger charge is 2.28. The zero-order valence-corrected chi connectivity index (χ0v) is 12.4. The van der Waals surface area contributed by atoms with E-state index in [1.165, 1.54) is 5.56 Å². The molecule has 1 aromatic rings. The number of benzene rings is 1. The summed E-state index contributed by atoms with van der Waals surface area (Å²) >= 11 is 0.